The first-order valence-electron chi connectivity index (χ1n) is 6.97. The minimum absolute atomic E-state index is 0.153. The van der Waals surface area contributed by atoms with Crippen molar-refractivity contribution in [1.82, 2.24) is 14.5 Å². The van der Waals surface area contributed by atoms with Gasteiger partial charge in [0.1, 0.15) is 0 Å². The lowest BCUT2D eigenvalue weighted by Gasteiger charge is -2.38. The van der Waals surface area contributed by atoms with E-state index in [1.54, 1.807) is 0 Å². The molecule has 0 aliphatic carbocycles. The zero-order valence-electron chi connectivity index (χ0n) is 12.1. The van der Waals surface area contributed by atoms with Crippen LogP contribution in [0.1, 0.15) is 52.3 Å². The fourth-order valence-electron chi connectivity index (χ4n) is 2.95. The van der Waals surface area contributed by atoms with Gasteiger partial charge in [0.15, 0.2) is 0 Å². The van der Waals surface area contributed by atoms with Crippen molar-refractivity contribution in [2.45, 2.75) is 64.7 Å². The Morgan fingerprint density at radius 2 is 2.17 bits per heavy atom. The summed E-state index contributed by atoms with van der Waals surface area (Å²) in [5.74, 6) is 0. The first kappa shape index (κ1) is 13.6. The van der Waals surface area contributed by atoms with Gasteiger partial charge < -0.3 is 10.3 Å². The molecule has 1 aromatic rings. The molecule has 18 heavy (non-hydrogen) atoms. The molecule has 102 valence electrons. The van der Waals surface area contributed by atoms with E-state index in [0.717, 1.165) is 25.9 Å². The Morgan fingerprint density at radius 3 is 2.78 bits per heavy atom. The molecule has 1 saturated heterocycles. The Bertz CT molecular complexity index is 391. The molecule has 0 bridgehead atoms. The second kappa shape index (κ2) is 5.02. The Labute approximate surface area is 110 Å². The highest BCUT2D eigenvalue weighted by Gasteiger charge is 2.40. The maximum Gasteiger partial charge on any atom is 0.0948 e. The summed E-state index contributed by atoms with van der Waals surface area (Å²) in [6.07, 6.45) is 6.12. The molecule has 2 N–H and O–H groups in total. The van der Waals surface area contributed by atoms with E-state index in [9.17, 15) is 0 Å². The second-order valence-corrected chi connectivity index (χ2v) is 6.27. The van der Waals surface area contributed by atoms with Crippen LogP contribution in [0.25, 0.3) is 0 Å². The lowest BCUT2D eigenvalue weighted by atomic mass is 10.0. The number of aryl methyl sites for hydroxylation is 1. The SMILES string of the molecule is CCCn1cncc1C1C(N)CCN1C(C)(C)C. The first-order chi connectivity index (χ1) is 8.45. The summed E-state index contributed by atoms with van der Waals surface area (Å²) in [4.78, 5) is 6.83. The van der Waals surface area contributed by atoms with Crippen LogP contribution in [0.15, 0.2) is 12.5 Å². The predicted octanol–water partition coefficient (Wildman–Crippen LogP) is 2.17. The molecule has 1 aliphatic rings. The number of aromatic nitrogens is 2. The lowest BCUT2D eigenvalue weighted by molar-refractivity contribution is 0.112. The Hall–Kier alpha value is -0.870. The van der Waals surface area contributed by atoms with Crippen molar-refractivity contribution < 1.29 is 0 Å². The van der Waals surface area contributed by atoms with Crippen LogP contribution in [0.3, 0.4) is 0 Å². The topological polar surface area (TPSA) is 47.1 Å². The summed E-state index contributed by atoms with van der Waals surface area (Å²) in [6, 6.07) is 0.524. The third-order valence-electron chi connectivity index (χ3n) is 3.82. The van der Waals surface area contributed by atoms with Gasteiger partial charge in [-0.2, -0.15) is 0 Å². The zero-order valence-corrected chi connectivity index (χ0v) is 12.1. The predicted molar refractivity (Wildman–Crippen MR) is 74.3 cm³/mol. The molecule has 1 aliphatic heterocycles. The van der Waals surface area contributed by atoms with Gasteiger partial charge in [-0.05, 0) is 33.6 Å². The fraction of sp³-hybridized carbons (Fsp3) is 0.786. The van der Waals surface area contributed by atoms with E-state index in [1.807, 2.05) is 12.5 Å². The van der Waals surface area contributed by atoms with Gasteiger partial charge in [-0.1, -0.05) is 6.92 Å². The summed E-state index contributed by atoms with van der Waals surface area (Å²) in [6.45, 7) is 11.1. The van der Waals surface area contributed by atoms with Crippen LogP contribution in [-0.4, -0.2) is 32.6 Å². The van der Waals surface area contributed by atoms with Crippen molar-refractivity contribution in [3.05, 3.63) is 18.2 Å². The van der Waals surface area contributed by atoms with E-state index in [0.29, 0.717) is 6.04 Å². The standard InChI is InChI=1S/C14H26N4/c1-5-7-17-10-16-9-12(17)13-11(15)6-8-18(13)14(2,3)4/h9-11,13H,5-8,15H2,1-4H3. The highest BCUT2D eigenvalue weighted by Crippen LogP contribution is 2.36. The van der Waals surface area contributed by atoms with E-state index < -0.39 is 0 Å². The van der Waals surface area contributed by atoms with E-state index in [1.165, 1.54) is 5.69 Å². The van der Waals surface area contributed by atoms with Gasteiger partial charge in [-0.3, -0.25) is 4.90 Å². The van der Waals surface area contributed by atoms with Crippen molar-refractivity contribution in [1.29, 1.82) is 0 Å². The molecule has 2 unspecified atom stereocenters. The average Bonchev–Trinajstić information content (AvgIpc) is 2.84. The van der Waals surface area contributed by atoms with Crippen molar-refractivity contribution >= 4 is 0 Å². The molecule has 0 saturated carbocycles. The van der Waals surface area contributed by atoms with Gasteiger partial charge in [0, 0.05) is 30.9 Å². The minimum atomic E-state index is 0.153. The third-order valence-corrected chi connectivity index (χ3v) is 3.82. The highest BCUT2D eigenvalue weighted by molar-refractivity contribution is 5.13. The number of nitrogens with two attached hydrogens (primary N) is 1. The van der Waals surface area contributed by atoms with Gasteiger partial charge >= 0.3 is 0 Å². The van der Waals surface area contributed by atoms with Crippen LogP contribution in [0.4, 0.5) is 0 Å². The molecular weight excluding hydrogens is 224 g/mol. The molecule has 2 rings (SSSR count). The largest absolute Gasteiger partial charge is 0.333 e. The van der Waals surface area contributed by atoms with Gasteiger partial charge in [-0.15, -0.1) is 0 Å². The Balaban J connectivity index is 2.31. The highest BCUT2D eigenvalue weighted by atomic mass is 15.3. The van der Waals surface area contributed by atoms with E-state index in [-0.39, 0.29) is 11.6 Å². The maximum atomic E-state index is 6.34. The van der Waals surface area contributed by atoms with Crippen LogP contribution in [-0.2, 0) is 6.54 Å². The average molecular weight is 250 g/mol. The summed E-state index contributed by atoms with van der Waals surface area (Å²) in [7, 11) is 0. The molecule has 0 aromatic carbocycles. The van der Waals surface area contributed by atoms with Crippen molar-refractivity contribution in [3.63, 3.8) is 0 Å². The van der Waals surface area contributed by atoms with Gasteiger partial charge in [0.05, 0.1) is 18.1 Å². The van der Waals surface area contributed by atoms with Gasteiger partial charge in [0.2, 0.25) is 0 Å². The Kier molecular flexibility index (Phi) is 3.78. The quantitative estimate of drug-likeness (QED) is 0.894. The molecule has 0 amide bonds. The number of likely N-dealkylation sites (tertiary alicyclic amines) is 1. The molecule has 4 nitrogen and oxygen atoms in total. The molecular formula is C14H26N4. The van der Waals surface area contributed by atoms with Crippen LogP contribution in [0.5, 0.6) is 0 Å². The molecule has 1 aromatic heterocycles. The zero-order chi connectivity index (χ0) is 13.3. The summed E-state index contributed by atoms with van der Waals surface area (Å²) < 4.78 is 2.26. The van der Waals surface area contributed by atoms with Crippen molar-refractivity contribution in [2.24, 2.45) is 5.73 Å². The first-order valence-corrected chi connectivity index (χ1v) is 6.97. The van der Waals surface area contributed by atoms with E-state index >= 15 is 0 Å². The lowest BCUT2D eigenvalue weighted by Crippen LogP contribution is -2.44. The fourth-order valence-corrected chi connectivity index (χ4v) is 2.95. The number of nitrogens with zero attached hydrogens (tertiary/aromatic N) is 3. The molecule has 2 heterocycles. The molecule has 0 radical (unpaired) electrons. The molecule has 0 spiro atoms. The van der Waals surface area contributed by atoms with Crippen molar-refractivity contribution in [2.75, 3.05) is 6.54 Å². The monoisotopic (exact) mass is 250 g/mol. The molecule has 2 atom stereocenters. The Morgan fingerprint density at radius 1 is 1.44 bits per heavy atom. The number of hydrogen-bond acceptors (Lipinski definition) is 3. The smallest absolute Gasteiger partial charge is 0.0948 e. The van der Waals surface area contributed by atoms with E-state index in [4.69, 9.17) is 5.73 Å². The summed E-state index contributed by atoms with van der Waals surface area (Å²) in [5, 5.41) is 0. The van der Waals surface area contributed by atoms with Crippen molar-refractivity contribution in [3.8, 4) is 0 Å². The van der Waals surface area contributed by atoms with Crippen LogP contribution < -0.4 is 5.73 Å². The maximum absolute atomic E-state index is 6.34. The second-order valence-electron chi connectivity index (χ2n) is 6.27. The molecule has 1 fully saturated rings. The van der Waals surface area contributed by atoms with Gasteiger partial charge in [-0.25, -0.2) is 4.98 Å². The minimum Gasteiger partial charge on any atom is -0.333 e. The van der Waals surface area contributed by atoms with E-state index in [2.05, 4.69) is 42.1 Å². The summed E-state index contributed by atoms with van der Waals surface area (Å²) in [5.41, 5.74) is 7.77. The number of imidazole rings is 1. The van der Waals surface area contributed by atoms with Gasteiger partial charge in [0.25, 0.3) is 0 Å². The normalized spacial score (nSPS) is 25.8. The van der Waals surface area contributed by atoms with Crippen LogP contribution in [0.2, 0.25) is 0 Å². The number of rotatable bonds is 3. The van der Waals surface area contributed by atoms with Crippen LogP contribution >= 0.6 is 0 Å². The number of hydrogen-bond donors (Lipinski definition) is 1. The third kappa shape index (κ3) is 2.45. The molecule has 4 heteroatoms. The van der Waals surface area contributed by atoms with Crippen LogP contribution in [0, 0.1) is 0 Å². The summed E-state index contributed by atoms with van der Waals surface area (Å²) >= 11 is 0.